The number of nitrogens with one attached hydrogen (secondary N) is 1. The summed E-state index contributed by atoms with van der Waals surface area (Å²) in [5, 5.41) is 7.23. The number of benzene rings is 3. The Morgan fingerprint density at radius 3 is 2.61 bits per heavy atom. The van der Waals surface area contributed by atoms with Crippen LogP contribution in [0.4, 0.5) is 0 Å². The normalized spacial score (nSPS) is 11.1. The molecule has 4 aromatic rings. The van der Waals surface area contributed by atoms with Crippen LogP contribution in [-0.4, -0.2) is 35.0 Å². The maximum absolute atomic E-state index is 12.2. The van der Waals surface area contributed by atoms with Gasteiger partial charge in [0.15, 0.2) is 16.7 Å². The van der Waals surface area contributed by atoms with Crippen LogP contribution >= 0.6 is 23.4 Å². The highest BCUT2D eigenvalue weighted by Crippen LogP contribution is 2.37. The summed E-state index contributed by atoms with van der Waals surface area (Å²) < 4.78 is 11.6. The van der Waals surface area contributed by atoms with Crippen LogP contribution in [0.15, 0.2) is 70.9 Å². The Morgan fingerprint density at radius 2 is 1.83 bits per heavy atom. The summed E-state index contributed by atoms with van der Waals surface area (Å²) in [5.74, 6) is 0.786. The van der Waals surface area contributed by atoms with E-state index >= 15 is 0 Å². The molecule has 184 valence electrons. The van der Waals surface area contributed by atoms with Crippen molar-refractivity contribution >= 4 is 46.3 Å². The molecule has 0 unspecified atom stereocenters. The fraction of sp³-hybridized carbons (Fsp3) is 0.185. The number of amides is 1. The molecule has 4 rings (SSSR count). The highest BCUT2D eigenvalue weighted by molar-refractivity contribution is 7.99. The lowest BCUT2D eigenvalue weighted by molar-refractivity contribution is -0.118. The number of methoxy groups -OCH3 is 1. The van der Waals surface area contributed by atoms with Crippen LogP contribution in [0, 0.1) is 13.8 Å². The summed E-state index contributed by atoms with van der Waals surface area (Å²) in [6.07, 6.45) is 1.50. The van der Waals surface area contributed by atoms with Gasteiger partial charge in [0.05, 0.1) is 24.1 Å². The Labute approximate surface area is 218 Å². The second-order valence-electron chi connectivity index (χ2n) is 7.98. The molecule has 0 fully saturated rings. The van der Waals surface area contributed by atoms with E-state index in [2.05, 4.69) is 38.7 Å². The number of carbonyl (C=O) groups excluding carboxylic acids is 1. The Morgan fingerprint density at radius 1 is 1.08 bits per heavy atom. The number of thioether (sulfide) groups is 1. The number of nitrogens with zero attached hydrogens (tertiary/aromatic N) is 3. The van der Waals surface area contributed by atoms with E-state index in [1.165, 1.54) is 18.0 Å². The van der Waals surface area contributed by atoms with Gasteiger partial charge in [-0.15, -0.1) is 0 Å². The molecule has 1 aromatic heterocycles. The largest absolute Gasteiger partial charge is 0.493 e. The minimum Gasteiger partial charge on any atom is -0.493 e. The Balaban J connectivity index is 1.38. The molecule has 1 amide bonds. The summed E-state index contributed by atoms with van der Waals surface area (Å²) in [6.45, 7) is 4.12. The van der Waals surface area contributed by atoms with E-state index in [9.17, 15) is 4.79 Å². The van der Waals surface area contributed by atoms with Gasteiger partial charge in [-0.1, -0.05) is 65.8 Å². The van der Waals surface area contributed by atoms with Crippen molar-refractivity contribution in [2.45, 2.75) is 25.6 Å². The van der Waals surface area contributed by atoms with Crippen LogP contribution in [0.2, 0.25) is 5.02 Å². The van der Waals surface area contributed by atoms with Crippen LogP contribution in [-0.2, 0) is 11.4 Å². The number of fused-ring (bicyclic) bond motifs is 1. The first-order chi connectivity index (χ1) is 17.4. The summed E-state index contributed by atoms with van der Waals surface area (Å²) in [5.41, 5.74) is 5.92. The van der Waals surface area contributed by atoms with E-state index in [0.717, 1.165) is 27.7 Å². The summed E-state index contributed by atoms with van der Waals surface area (Å²) in [6, 6.07) is 19.6. The molecule has 9 heteroatoms. The molecule has 3 aromatic carbocycles. The highest BCUT2D eigenvalue weighted by Gasteiger charge is 2.13. The number of aryl methyl sites for hydroxylation is 2. The van der Waals surface area contributed by atoms with Crippen molar-refractivity contribution in [3.05, 3.63) is 88.2 Å². The molecule has 0 atom stereocenters. The van der Waals surface area contributed by atoms with Crippen LogP contribution in [0.1, 0.15) is 22.5 Å². The minimum atomic E-state index is -0.271. The summed E-state index contributed by atoms with van der Waals surface area (Å²) >= 11 is 7.76. The van der Waals surface area contributed by atoms with Gasteiger partial charge in [-0.05, 0) is 53.9 Å². The molecule has 36 heavy (non-hydrogen) atoms. The monoisotopic (exact) mass is 520 g/mol. The maximum Gasteiger partial charge on any atom is 0.250 e. The van der Waals surface area contributed by atoms with Crippen LogP contribution in [0.5, 0.6) is 11.5 Å². The number of rotatable bonds is 9. The van der Waals surface area contributed by atoms with E-state index in [4.69, 9.17) is 21.1 Å². The van der Waals surface area contributed by atoms with E-state index in [0.29, 0.717) is 33.8 Å². The molecule has 0 spiro atoms. The number of hydrogen-bond acceptors (Lipinski definition) is 7. The van der Waals surface area contributed by atoms with Gasteiger partial charge >= 0.3 is 0 Å². The van der Waals surface area contributed by atoms with Gasteiger partial charge in [0.25, 0.3) is 5.91 Å². The lowest BCUT2D eigenvalue weighted by atomic mass is 10.1. The Hall–Kier alpha value is -3.62. The first kappa shape index (κ1) is 25.5. The predicted octanol–water partition coefficient (Wildman–Crippen LogP) is 5.73. The summed E-state index contributed by atoms with van der Waals surface area (Å²) in [4.78, 5) is 20.8. The van der Waals surface area contributed by atoms with Crippen LogP contribution < -0.4 is 14.9 Å². The van der Waals surface area contributed by atoms with Gasteiger partial charge in [-0.3, -0.25) is 4.79 Å². The zero-order chi connectivity index (χ0) is 25.5. The van der Waals surface area contributed by atoms with Gasteiger partial charge in [0.2, 0.25) is 0 Å². The molecule has 0 bridgehead atoms. The van der Waals surface area contributed by atoms with Gasteiger partial charge in [0, 0.05) is 11.4 Å². The Bertz CT molecular complexity index is 1400. The molecule has 0 aliphatic rings. The van der Waals surface area contributed by atoms with Gasteiger partial charge in [-0.2, -0.15) is 5.10 Å². The third-order valence-electron chi connectivity index (χ3n) is 5.20. The number of halogens is 1. The van der Waals surface area contributed by atoms with Crippen molar-refractivity contribution in [3.63, 3.8) is 0 Å². The van der Waals surface area contributed by atoms with Crippen molar-refractivity contribution in [1.82, 2.24) is 15.4 Å². The lowest BCUT2D eigenvalue weighted by Gasteiger charge is -2.14. The standard InChI is InChI=1S/C27H25ClN4O3S/c1-17-11-18(2)31-27(30-17)36-16-25(33)32-29-14-19-12-23(28)26(24(13-19)34-3)35-15-21-9-6-8-20-7-4-5-10-22(20)21/h4-14H,15-16H2,1-3H3,(H,32,33)/b29-14-. The smallest absolute Gasteiger partial charge is 0.250 e. The predicted molar refractivity (Wildman–Crippen MR) is 144 cm³/mol. The Kier molecular flexibility index (Phi) is 8.40. The van der Waals surface area contributed by atoms with E-state index in [1.807, 2.05) is 44.2 Å². The number of aromatic nitrogens is 2. The van der Waals surface area contributed by atoms with E-state index in [1.54, 1.807) is 19.2 Å². The molecular weight excluding hydrogens is 496 g/mol. The fourth-order valence-corrected chi connectivity index (χ4v) is 4.64. The maximum atomic E-state index is 12.2. The zero-order valence-electron chi connectivity index (χ0n) is 20.1. The number of hydrazone groups is 1. The first-order valence-electron chi connectivity index (χ1n) is 11.2. The number of ether oxygens (including phenoxy) is 2. The van der Waals surface area contributed by atoms with Crippen LogP contribution in [0.3, 0.4) is 0 Å². The minimum absolute atomic E-state index is 0.144. The molecule has 0 saturated carbocycles. The lowest BCUT2D eigenvalue weighted by Crippen LogP contribution is -2.19. The zero-order valence-corrected chi connectivity index (χ0v) is 21.7. The molecule has 0 aliphatic heterocycles. The molecule has 7 nitrogen and oxygen atoms in total. The van der Waals surface area contributed by atoms with Crippen molar-refractivity contribution in [2.24, 2.45) is 5.10 Å². The second-order valence-corrected chi connectivity index (χ2v) is 9.33. The molecule has 1 heterocycles. The third kappa shape index (κ3) is 6.53. The third-order valence-corrected chi connectivity index (χ3v) is 6.33. The molecule has 1 N–H and O–H groups in total. The van der Waals surface area contributed by atoms with Crippen molar-refractivity contribution in [1.29, 1.82) is 0 Å². The molecule has 0 saturated heterocycles. The van der Waals surface area contributed by atoms with Crippen molar-refractivity contribution in [2.75, 3.05) is 12.9 Å². The summed E-state index contributed by atoms with van der Waals surface area (Å²) in [7, 11) is 1.55. The van der Waals surface area contributed by atoms with Crippen molar-refractivity contribution < 1.29 is 14.3 Å². The average molecular weight is 521 g/mol. The second kappa shape index (κ2) is 11.9. The van der Waals surface area contributed by atoms with Gasteiger partial charge in [0.1, 0.15) is 6.61 Å². The van der Waals surface area contributed by atoms with Gasteiger partial charge < -0.3 is 9.47 Å². The first-order valence-corrected chi connectivity index (χ1v) is 12.5. The van der Waals surface area contributed by atoms with E-state index in [-0.39, 0.29) is 11.7 Å². The number of hydrogen-bond donors (Lipinski definition) is 1. The topological polar surface area (TPSA) is 85.7 Å². The van der Waals surface area contributed by atoms with E-state index < -0.39 is 0 Å². The quantitative estimate of drug-likeness (QED) is 0.131. The average Bonchev–Trinajstić information content (AvgIpc) is 2.86. The van der Waals surface area contributed by atoms with Crippen molar-refractivity contribution in [3.8, 4) is 11.5 Å². The molecular formula is C27H25ClN4O3S. The molecule has 0 radical (unpaired) electrons. The fourth-order valence-electron chi connectivity index (χ4n) is 3.62. The highest BCUT2D eigenvalue weighted by atomic mass is 35.5. The number of carbonyl (C=O) groups is 1. The SMILES string of the molecule is COc1cc(/C=N\NC(=O)CSc2nc(C)cc(C)n2)cc(Cl)c1OCc1cccc2ccccc12. The van der Waals surface area contributed by atoms with Crippen LogP contribution in [0.25, 0.3) is 10.8 Å². The van der Waals surface area contributed by atoms with Gasteiger partial charge in [-0.25, -0.2) is 15.4 Å². The molecule has 0 aliphatic carbocycles.